The van der Waals surface area contributed by atoms with Gasteiger partial charge < -0.3 is 14.2 Å². The van der Waals surface area contributed by atoms with Gasteiger partial charge in [0.2, 0.25) is 0 Å². The lowest BCUT2D eigenvalue weighted by atomic mass is 9.77. The summed E-state index contributed by atoms with van der Waals surface area (Å²) in [4.78, 5) is 10.8. The van der Waals surface area contributed by atoms with Crippen LogP contribution in [-0.4, -0.2) is 32.1 Å². The van der Waals surface area contributed by atoms with Crippen molar-refractivity contribution in [1.29, 1.82) is 0 Å². The molecule has 0 N–H and O–H groups in total. The normalized spacial score (nSPS) is 30.4. The lowest BCUT2D eigenvalue weighted by Gasteiger charge is -2.31. The fourth-order valence-electron chi connectivity index (χ4n) is 3.87. The third-order valence-electron chi connectivity index (χ3n) is 5.49. The van der Waals surface area contributed by atoms with Gasteiger partial charge in [-0.3, -0.25) is 0 Å². The molecule has 2 rings (SSSR count). The number of carbonyl (C=O) groups is 1. The van der Waals surface area contributed by atoms with Crippen LogP contribution in [0.2, 0.25) is 0 Å². The summed E-state index contributed by atoms with van der Waals surface area (Å²) in [7, 11) is 0. The van der Waals surface area contributed by atoms with E-state index in [1.165, 1.54) is 57.8 Å². The number of rotatable bonds is 9. The fraction of sp³-hybridized carbons (Fsp3) is 0.947. The second-order valence-corrected chi connectivity index (χ2v) is 7.52. The van der Waals surface area contributed by atoms with Crippen LogP contribution in [0.3, 0.4) is 0 Å². The Labute approximate surface area is 149 Å². The Kier molecular flexibility index (Phi) is 9.10. The highest BCUT2D eigenvalue weighted by atomic mass is 19.3. The Bertz CT molecular complexity index is 376. The van der Waals surface area contributed by atoms with Gasteiger partial charge in [0.05, 0.1) is 13.2 Å². The molecule has 1 aliphatic heterocycles. The molecule has 0 radical (unpaired) electrons. The molecule has 0 unspecified atom stereocenters. The molecule has 0 atom stereocenters. The minimum Gasteiger partial charge on any atom is -0.406 e. The summed E-state index contributed by atoms with van der Waals surface area (Å²) in [6.45, 7) is 1.76. The maximum atomic E-state index is 12.1. The predicted molar refractivity (Wildman–Crippen MR) is 90.1 cm³/mol. The van der Waals surface area contributed by atoms with E-state index in [0.29, 0.717) is 13.2 Å². The Balaban J connectivity index is 1.54. The molecule has 1 saturated carbocycles. The summed E-state index contributed by atoms with van der Waals surface area (Å²) in [6, 6.07) is 0. The molecule has 25 heavy (non-hydrogen) atoms. The maximum Gasteiger partial charge on any atom is 0.377 e. The molecule has 1 heterocycles. The summed E-state index contributed by atoms with van der Waals surface area (Å²) in [6.07, 6.45) is 9.81. The van der Waals surface area contributed by atoms with E-state index in [2.05, 4.69) is 11.7 Å². The fourth-order valence-corrected chi connectivity index (χ4v) is 3.87. The lowest BCUT2D eigenvalue weighted by Crippen LogP contribution is -2.36. The summed E-state index contributed by atoms with van der Waals surface area (Å²) in [5, 5.41) is 0. The average Bonchev–Trinajstić information content (AvgIpc) is 2.62. The highest BCUT2D eigenvalue weighted by molar-refractivity contribution is 5.72. The molecule has 0 amide bonds. The van der Waals surface area contributed by atoms with Crippen LogP contribution in [0.5, 0.6) is 0 Å². The first kappa shape index (κ1) is 20.6. The SMILES string of the molecule is CCCCCC1CCC(CCC2COC(OC(=O)C(F)F)OC2)CC1. The summed E-state index contributed by atoms with van der Waals surface area (Å²) in [5.74, 6) is 0.370. The number of esters is 1. The van der Waals surface area contributed by atoms with Gasteiger partial charge in [-0.05, 0) is 18.3 Å². The molecule has 0 spiro atoms. The molecule has 0 aromatic heterocycles. The number of ether oxygens (including phenoxy) is 3. The molecule has 2 aliphatic rings. The van der Waals surface area contributed by atoms with Crippen molar-refractivity contribution in [2.75, 3.05) is 13.2 Å². The third-order valence-corrected chi connectivity index (χ3v) is 5.49. The highest BCUT2D eigenvalue weighted by Crippen LogP contribution is 2.35. The largest absolute Gasteiger partial charge is 0.406 e. The summed E-state index contributed by atoms with van der Waals surface area (Å²) >= 11 is 0. The van der Waals surface area contributed by atoms with Crippen LogP contribution in [0.25, 0.3) is 0 Å². The topological polar surface area (TPSA) is 44.8 Å². The van der Waals surface area contributed by atoms with E-state index in [-0.39, 0.29) is 5.92 Å². The van der Waals surface area contributed by atoms with Crippen molar-refractivity contribution in [1.82, 2.24) is 0 Å². The second-order valence-electron chi connectivity index (χ2n) is 7.52. The van der Waals surface area contributed by atoms with E-state index in [4.69, 9.17) is 9.47 Å². The second kappa shape index (κ2) is 11.1. The van der Waals surface area contributed by atoms with Crippen LogP contribution in [0, 0.1) is 17.8 Å². The molecule has 0 aromatic rings. The van der Waals surface area contributed by atoms with Crippen molar-refractivity contribution in [3.63, 3.8) is 0 Å². The zero-order chi connectivity index (χ0) is 18.1. The zero-order valence-corrected chi connectivity index (χ0v) is 15.3. The number of hydrogen-bond donors (Lipinski definition) is 0. The van der Waals surface area contributed by atoms with Crippen LogP contribution in [-0.2, 0) is 19.0 Å². The van der Waals surface area contributed by atoms with Crippen LogP contribution >= 0.6 is 0 Å². The Morgan fingerprint density at radius 1 is 0.960 bits per heavy atom. The van der Waals surface area contributed by atoms with Gasteiger partial charge in [-0.25, -0.2) is 4.79 Å². The van der Waals surface area contributed by atoms with Crippen LogP contribution in [0.4, 0.5) is 8.78 Å². The molecular weight excluding hydrogens is 330 g/mol. The Morgan fingerprint density at radius 3 is 2.08 bits per heavy atom. The molecular formula is C19H32F2O4. The first-order chi connectivity index (χ1) is 12.1. The number of carbonyl (C=O) groups excluding carboxylic acids is 1. The van der Waals surface area contributed by atoms with E-state index in [9.17, 15) is 13.6 Å². The van der Waals surface area contributed by atoms with Crippen LogP contribution in [0.15, 0.2) is 0 Å². The van der Waals surface area contributed by atoms with E-state index in [0.717, 1.165) is 18.3 Å². The average molecular weight is 362 g/mol. The van der Waals surface area contributed by atoms with E-state index < -0.39 is 18.9 Å². The standard InChI is InChI=1S/C19H32F2O4/c1-2-3-4-5-14-6-8-15(9-7-14)10-11-16-12-23-19(24-13-16)25-18(22)17(20)21/h14-17,19H,2-13H2,1H3. The molecule has 2 fully saturated rings. The Hall–Kier alpha value is -0.750. The van der Waals surface area contributed by atoms with Gasteiger partial charge in [-0.2, -0.15) is 8.78 Å². The maximum absolute atomic E-state index is 12.1. The first-order valence-corrected chi connectivity index (χ1v) is 9.80. The lowest BCUT2D eigenvalue weighted by molar-refractivity contribution is -0.312. The van der Waals surface area contributed by atoms with Crippen LogP contribution < -0.4 is 0 Å². The van der Waals surface area contributed by atoms with Crippen molar-refractivity contribution < 1.29 is 27.8 Å². The predicted octanol–water partition coefficient (Wildman–Crippen LogP) is 4.91. The van der Waals surface area contributed by atoms with Crippen molar-refractivity contribution in [3.8, 4) is 0 Å². The number of halogens is 2. The zero-order valence-electron chi connectivity index (χ0n) is 15.3. The smallest absolute Gasteiger partial charge is 0.377 e. The molecule has 0 bridgehead atoms. The van der Waals surface area contributed by atoms with Crippen molar-refractivity contribution in [2.45, 2.75) is 84.0 Å². The van der Waals surface area contributed by atoms with E-state index >= 15 is 0 Å². The monoisotopic (exact) mass is 362 g/mol. The van der Waals surface area contributed by atoms with Gasteiger partial charge in [0.15, 0.2) is 0 Å². The van der Waals surface area contributed by atoms with Crippen molar-refractivity contribution in [2.24, 2.45) is 17.8 Å². The van der Waals surface area contributed by atoms with Gasteiger partial charge in [0.25, 0.3) is 0 Å². The minimum absolute atomic E-state index is 0.253. The molecule has 1 aliphatic carbocycles. The first-order valence-electron chi connectivity index (χ1n) is 9.80. The van der Waals surface area contributed by atoms with Gasteiger partial charge in [-0.15, -0.1) is 0 Å². The molecule has 146 valence electrons. The van der Waals surface area contributed by atoms with Gasteiger partial charge in [0, 0.05) is 5.92 Å². The quantitative estimate of drug-likeness (QED) is 0.432. The number of unbranched alkanes of at least 4 members (excludes halogenated alkanes) is 2. The highest BCUT2D eigenvalue weighted by Gasteiger charge is 2.29. The number of alkyl halides is 2. The van der Waals surface area contributed by atoms with Gasteiger partial charge in [-0.1, -0.05) is 64.7 Å². The molecule has 0 aromatic carbocycles. The van der Waals surface area contributed by atoms with Crippen molar-refractivity contribution in [3.05, 3.63) is 0 Å². The van der Waals surface area contributed by atoms with E-state index in [1.807, 2.05) is 0 Å². The molecule has 6 heteroatoms. The van der Waals surface area contributed by atoms with Gasteiger partial charge in [0.1, 0.15) is 0 Å². The molecule has 4 nitrogen and oxygen atoms in total. The minimum atomic E-state index is -3.15. The van der Waals surface area contributed by atoms with E-state index in [1.54, 1.807) is 0 Å². The Morgan fingerprint density at radius 2 is 1.52 bits per heavy atom. The molecule has 1 saturated heterocycles. The van der Waals surface area contributed by atoms with Crippen molar-refractivity contribution >= 4 is 5.97 Å². The van der Waals surface area contributed by atoms with Crippen LogP contribution in [0.1, 0.15) is 71.1 Å². The summed E-state index contributed by atoms with van der Waals surface area (Å²) < 4.78 is 39.1. The third kappa shape index (κ3) is 7.57. The summed E-state index contributed by atoms with van der Waals surface area (Å²) in [5.41, 5.74) is 0. The van der Waals surface area contributed by atoms with Gasteiger partial charge >= 0.3 is 18.9 Å². The number of hydrogen-bond acceptors (Lipinski definition) is 4.